The number of fused-ring (bicyclic) bond motifs is 3. The summed E-state index contributed by atoms with van der Waals surface area (Å²) in [5.74, 6) is -3.13. The molecule has 0 bridgehead atoms. The normalized spacial score (nSPS) is 22.7. The number of ether oxygens (including phenoxy) is 4. The number of anilines is 2. The summed E-state index contributed by atoms with van der Waals surface area (Å²) in [5, 5.41) is 2.05. The molecule has 2 aromatic heterocycles. The maximum atomic E-state index is 17.5. The first kappa shape index (κ1) is 43.2. The van der Waals surface area contributed by atoms with Crippen LogP contribution < -0.4 is 19.7 Å². The summed E-state index contributed by atoms with van der Waals surface area (Å²) < 4.78 is 112. The number of hydrogen-bond acceptors (Lipinski definition) is 12. The van der Waals surface area contributed by atoms with Crippen LogP contribution in [0.15, 0.2) is 18.2 Å². The first-order valence-electron chi connectivity index (χ1n) is 19.6. The van der Waals surface area contributed by atoms with Gasteiger partial charge < -0.3 is 28.7 Å². The molecule has 0 saturated carbocycles. The van der Waals surface area contributed by atoms with Crippen LogP contribution in [0.2, 0.25) is 0 Å². The van der Waals surface area contributed by atoms with E-state index in [4.69, 9.17) is 14.2 Å². The molecule has 1 N–H and O–H groups in total. The quantitative estimate of drug-likeness (QED) is 0.178. The number of amides is 2. The molecule has 3 aliphatic rings. The average molecular weight is 868 g/mol. The van der Waals surface area contributed by atoms with Crippen molar-refractivity contribution in [1.29, 1.82) is 0 Å². The second-order valence-corrected chi connectivity index (χ2v) is 18.6. The number of carbonyl (C=O) groups is 2. The Balaban J connectivity index is 1.38. The molecule has 7 rings (SSSR count). The Kier molecular flexibility index (Phi) is 11.2. The number of aromatic nitrogens is 3. The number of nitrogens with zero attached hydrogens (tertiary/aromatic N) is 6. The van der Waals surface area contributed by atoms with Crippen molar-refractivity contribution in [3.8, 4) is 22.9 Å². The molecule has 0 radical (unpaired) electrons. The highest BCUT2D eigenvalue weighted by Crippen LogP contribution is 2.47. The van der Waals surface area contributed by atoms with Gasteiger partial charge in [-0.15, -0.1) is 13.2 Å². The maximum absolute atomic E-state index is 17.5. The summed E-state index contributed by atoms with van der Waals surface area (Å²) >= 11 is 0.667. The summed E-state index contributed by atoms with van der Waals surface area (Å²) in [7, 11) is 0. The number of nitrogens with one attached hydrogen (secondary N) is 1. The summed E-state index contributed by atoms with van der Waals surface area (Å²) in [6.45, 7) is 14.7. The van der Waals surface area contributed by atoms with Gasteiger partial charge in [-0.3, -0.25) is 10.2 Å². The first-order chi connectivity index (χ1) is 27.9. The van der Waals surface area contributed by atoms with Crippen LogP contribution in [0, 0.1) is 11.6 Å². The Bertz CT molecular complexity index is 2320. The number of benzene rings is 2. The van der Waals surface area contributed by atoms with Crippen LogP contribution in [-0.4, -0.2) is 111 Å². The van der Waals surface area contributed by atoms with E-state index in [0.29, 0.717) is 24.3 Å². The number of rotatable bonds is 7. The van der Waals surface area contributed by atoms with Crippen molar-refractivity contribution in [2.45, 2.75) is 116 Å². The molecule has 60 heavy (non-hydrogen) atoms. The third-order valence-corrected chi connectivity index (χ3v) is 11.5. The fourth-order valence-corrected chi connectivity index (χ4v) is 9.06. The van der Waals surface area contributed by atoms with E-state index in [1.165, 1.54) is 4.90 Å². The van der Waals surface area contributed by atoms with Gasteiger partial charge in [0, 0.05) is 49.1 Å². The van der Waals surface area contributed by atoms with Crippen molar-refractivity contribution in [1.82, 2.24) is 24.8 Å². The Morgan fingerprint density at radius 2 is 1.67 bits per heavy atom. The molecule has 13 nitrogen and oxygen atoms in total. The molecule has 2 aromatic carbocycles. The third kappa shape index (κ3) is 8.94. The minimum atomic E-state index is -5.33. The summed E-state index contributed by atoms with van der Waals surface area (Å²) in [4.78, 5) is 44.4. The van der Waals surface area contributed by atoms with E-state index in [-0.39, 0.29) is 70.8 Å². The van der Waals surface area contributed by atoms with E-state index in [2.05, 4.69) is 25.0 Å². The Hall–Kier alpha value is -4.85. The molecule has 4 aromatic rings. The Morgan fingerprint density at radius 1 is 0.950 bits per heavy atom. The number of hydrogen-bond donors (Lipinski definition) is 1. The van der Waals surface area contributed by atoms with E-state index in [1.807, 2.05) is 4.90 Å². The van der Waals surface area contributed by atoms with Crippen LogP contribution in [0.5, 0.6) is 11.8 Å². The lowest BCUT2D eigenvalue weighted by Gasteiger charge is -2.45. The smallest absolute Gasteiger partial charge is 0.461 e. The van der Waals surface area contributed by atoms with E-state index >= 15 is 8.78 Å². The average Bonchev–Trinajstić information content (AvgIpc) is 3.79. The molecule has 0 unspecified atom stereocenters. The maximum Gasteiger partial charge on any atom is 0.573 e. The lowest BCUT2D eigenvalue weighted by atomic mass is 9.95. The lowest BCUT2D eigenvalue weighted by molar-refractivity contribution is -0.274. The molecule has 2 amide bonds. The van der Waals surface area contributed by atoms with E-state index in [0.717, 1.165) is 24.6 Å². The number of alkyl halides is 4. The van der Waals surface area contributed by atoms with Crippen molar-refractivity contribution >= 4 is 55.6 Å². The molecule has 3 aliphatic heterocycles. The summed E-state index contributed by atoms with van der Waals surface area (Å²) in [6.07, 6.45) is -6.21. The molecule has 0 aliphatic carbocycles. The van der Waals surface area contributed by atoms with Crippen LogP contribution in [0.1, 0.15) is 74.7 Å². The van der Waals surface area contributed by atoms with Gasteiger partial charge in [0.05, 0.1) is 21.3 Å². The number of halogens is 6. The van der Waals surface area contributed by atoms with E-state index in [9.17, 15) is 27.2 Å². The predicted octanol–water partition coefficient (Wildman–Crippen LogP) is 9.22. The molecule has 5 heterocycles. The minimum absolute atomic E-state index is 0.00649. The molecule has 4 atom stereocenters. The molecule has 3 saturated heterocycles. The third-order valence-electron chi connectivity index (χ3n) is 10.6. The van der Waals surface area contributed by atoms with Crippen LogP contribution in [-0.2, 0) is 9.47 Å². The minimum Gasteiger partial charge on any atom is -0.461 e. The van der Waals surface area contributed by atoms with Gasteiger partial charge in [-0.2, -0.15) is 9.97 Å². The lowest BCUT2D eigenvalue weighted by Crippen LogP contribution is -2.59. The molecule has 3 fully saturated rings. The summed E-state index contributed by atoms with van der Waals surface area (Å²) in [6, 6.07) is 1.60. The van der Waals surface area contributed by atoms with E-state index < -0.39 is 82.0 Å². The van der Waals surface area contributed by atoms with Gasteiger partial charge in [-0.1, -0.05) is 11.3 Å². The highest BCUT2D eigenvalue weighted by molar-refractivity contribution is 7.22. The van der Waals surface area contributed by atoms with Crippen LogP contribution in [0.4, 0.5) is 46.9 Å². The zero-order chi connectivity index (χ0) is 43.7. The SMILES string of the molecule is C[C@@H]1CN(c2nc(OC[C@@]34CCCN3C[C@H](F)C4)nc3c(F)c(-c4ccc(F)c5sc(NC(=O)OC(C)(C)C)nc45)c(OC(F)(F)F)cc23)[C@@H](C)CN1C(=O)OC(C)(C)C. The Morgan fingerprint density at radius 3 is 2.35 bits per heavy atom. The van der Waals surface area contributed by atoms with Crippen molar-refractivity contribution in [3.63, 3.8) is 0 Å². The van der Waals surface area contributed by atoms with Crippen molar-refractivity contribution in [2.24, 2.45) is 0 Å². The number of thiazole rings is 1. The second kappa shape index (κ2) is 15.6. The van der Waals surface area contributed by atoms with Gasteiger partial charge in [0.1, 0.15) is 46.9 Å². The first-order valence-corrected chi connectivity index (χ1v) is 20.4. The number of piperazine rings is 1. The molecule has 0 spiro atoms. The zero-order valence-electron chi connectivity index (χ0n) is 34.4. The van der Waals surface area contributed by atoms with E-state index in [1.54, 1.807) is 60.3 Å². The largest absolute Gasteiger partial charge is 0.573 e. The van der Waals surface area contributed by atoms with Gasteiger partial charge in [-0.25, -0.2) is 27.7 Å². The molecular weight excluding hydrogens is 821 g/mol. The Labute approximate surface area is 346 Å². The predicted molar refractivity (Wildman–Crippen MR) is 212 cm³/mol. The van der Waals surface area contributed by atoms with Crippen molar-refractivity contribution in [2.75, 3.05) is 43.0 Å². The van der Waals surface area contributed by atoms with Gasteiger partial charge in [0.2, 0.25) is 0 Å². The molecular formula is C40H47F6N7O6S. The topological polar surface area (TPSA) is 131 Å². The molecule has 20 heteroatoms. The standard InChI is InChI=1S/C40H47F6N7O6S/c1-20-17-53(36(55)59-38(6,7)8)21(2)16-52(20)32-24-14-26(57-40(44,45)46)27(23-10-11-25(42)31-30(23)48-34(60-31)50-35(54)58-37(3,4)5)28(43)29(24)47-33(49-32)56-19-39-12-9-13-51(39)18-22(41)15-39/h10-11,14,20-22H,9,12-13,15-19H2,1-8H3,(H,48,50,54)/t20-,21+,22+,39-/m0/s1. The fraction of sp³-hybridized carbons (Fsp3) is 0.575. The second-order valence-electron chi connectivity index (χ2n) is 17.6. The fourth-order valence-electron chi connectivity index (χ4n) is 8.17. The molecule has 326 valence electrons. The van der Waals surface area contributed by atoms with Crippen molar-refractivity contribution in [3.05, 3.63) is 29.8 Å². The number of carbonyl (C=O) groups excluding carboxylic acids is 2. The van der Waals surface area contributed by atoms with Gasteiger partial charge >= 0.3 is 24.6 Å². The highest BCUT2D eigenvalue weighted by Gasteiger charge is 2.49. The summed E-state index contributed by atoms with van der Waals surface area (Å²) in [5.41, 5.74) is -4.10. The van der Waals surface area contributed by atoms with Crippen LogP contribution >= 0.6 is 11.3 Å². The monoisotopic (exact) mass is 867 g/mol. The van der Waals surface area contributed by atoms with Crippen LogP contribution in [0.3, 0.4) is 0 Å². The zero-order valence-corrected chi connectivity index (χ0v) is 35.2. The van der Waals surface area contributed by atoms with Gasteiger partial charge in [0.15, 0.2) is 10.9 Å². The van der Waals surface area contributed by atoms with Gasteiger partial charge in [0.25, 0.3) is 0 Å². The highest BCUT2D eigenvalue weighted by atomic mass is 32.1. The van der Waals surface area contributed by atoms with Gasteiger partial charge in [-0.05, 0) is 93.0 Å². The van der Waals surface area contributed by atoms with Crippen molar-refractivity contribution < 1.29 is 54.9 Å². The van der Waals surface area contributed by atoms with Crippen LogP contribution in [0.25, 0.3) is 32.2 Å².